The fourth-order valence-electron chi connectivity index (χ4n) is 1.40. The molecule has 1 aromatic carbocycles. The van der Waals surface area contributed by atoms with Gasteiger partial charge in [-0.1, -0.05) is 0 Å². The zero-order valence-corrected chi connectivity index (χ0v) is 10.9. The predicted molar refractivity (Wildman–Crippen MR) is 65.8 cm³/mol. The molecule has 1 aromatic heterocycles. The van der Waals surface area contributed by atoms with Gasteiger partial charge in [-0.3, -0.25) is 4.79 Å². The zero-order valence-electron chi connectivity index (χ0n) is 9.29. The molecule has 2 rings (SSSR count). The summed E-state index contributed by atoms with van der Waals surface area (Å²) in [5.74, 6) is -0.472. The van der Waals surface area contributed by atoms with Gasteiger partial charge in [0.1, 0.15) is 0 Å². The molecule has 0 bridgehead atoms. The number of amides is 1. The lowest BCUT2D eigenvalue weighted by Gasteiger charge is -2.08. The monoisotopic (exact) mass is 333 g/mol. The first-order chi connectivity index (χ1) is 8.88. The van der Waals surface area contributed by atoms with Crippen molar-refractivity contribution in [3.63, 3.8) is 0 Å². The van der Waals surface area contributed by atoms with Crippen LogP contribution in [0.2, 0.25) is 0 Å². The Kier molecular flexibility index (Phi) is 3.66. The number of halogens is 4. The van der Waals surface area contributed by atoms with Crippen LogP contribution in [0.25, 0.3) is 0 Å². The summed E-state index contributed by atoms with van der Waals surface area (Å²) >= 11 is 3.04. The van der Waals surface area contributed by atoms with Gasteiger partial charge in [0.15, 0.2) is 4.67 Å². The molecule has 0 aliphatic carbocycles. The van der Waals surface area contributed by atoms with Crippen molar-refractivity contribution in [3.05, 3.63) is 52.4 Å². The van der Waals surface area contributed by atoms with Gasteiger partial charge >= 0.3 is 6.18 Å². The van der Waals surface area contributed by atoms with Crippen LogP contribution in [0.4, 0.5) is 18.9 Å². The number of hydrogen-bond acceptors (Lipinski definition) is 2. The van der Waals surface area contributed by atoms with Crippen LogP contribution in [0.1, 0.15) is 15.9 Å². The van der Waals surface area contributed by atoms with Gasteiger partial charge in [0.25, 0.3) is 5.91 Å². The molecule has 0 radical (unpaired) electrons. The number of carbonyl (C=O) groups is 1. The van der Waals surface area contributed by atoms with Gasteiger partial charge in [-0.2, -0.15) is 13.2 Å². The predicted octanol–water partition coefficient (Wildman–Crippen LogP) is 4.31. The smallest absolute Gasteiger partial charge is 0.416 e. The molecule has 2 aromatic rings. The third kappa shape index (κ3) is 3.17. The topological polar surface area (TPSA) is 42.2 Å². The minimum absolute atomic E-state index is 0.261. The molecule has 100 valence electrons. The molecule has 0 aliphatic heterocycles. The Hall–Kier alpha value is -1.76. The number of rotatable bonds is 2. The number of anilines is 1. The van der Waals surface area contributed by atoms with Crippen molar-refractivity contribution in [1.82, 2.24) is 0 Å². The van der Waals surface area contributed by atoms with Crippen LogP contribution in [0.5, 0.6) is 0 Å². The lowest BCUT2D eigenvalue weighted by Crippen LogP contribution is -2.12. The van der Waals surface area contributed by atoms with Crippen LogP contribution in [0.3, 0.4) is 0 Å². The second kappa shape index (κ2) is 5.08. The summed E-state index contributed by atoms with van der Waals surface area (Å²) in [6.07, 6.45) is -3.07. The molecule has 0 saturated carbocycles. The van der Waals surface area contributed by atoms with E-state index in [4.69, 9.17) is 4.42 Å². The van der Waals surface area contributed by atoms with Gasteiger partial charge < -0.3 is 9.73 Å². The fraction of sp³-hybridized carbons (Fsp3) is 0.0833. The van der Waals surface area contributed by atoms with Gasteiger partial charge in [0.05, 0.1) is 17.4 Å². The van der Waals surface area contributed by atoms with Crippen molar-refractivity contribution in [2.75, 3.05) is 5.32 Å². The Balaban J connectivity index is 2.12. The first-order valence-electron chi connectivity index (χ1n) is 5.09. The van der Waals surface area contributed by atoms with Gasteiger partial charge in [-0.15, -0.1) is 0 Å². The zero-order chi connectivity index (χ0) is 14.0. The maximum atomic E-state index is 12.4. The highest BCUT2D eigenvalue weighted by molar-refractivity contribution is 9.10. The van der Waals surface area contributed by atoms with E-state index in [1.165, 1.54) is 24.5 Å². The first kappa shape index (κ1) is 13.7. The number of furan rings is 1. The summed E-state index contributed by atoms with van der Waals surface area (Å²) in [5.41, 5.74) is -0.235. The Morgan fingerprint density at radius 2 is 1.79 bits per heavy atom. The third-order valence-electron chi connectivity index (χ3n) is 2.33. The van der Waals surface area contributed by atoms with Crippen molar-refractivity contribution in [2.24, 2.45) is 0 Å². The highest BCUT2D eigenvalue weighted by Gasteiger charge is 2.30. The fourth-order valence-corrected chi connectivity index (χ4v) is 1.82. The van der Waals surface area contributed by atoms with E-state index in [1.54, 1.807) is 0 Å². The van der Waals surface area contributed by atoms with E-state index < -0.39 is 17.6 Å². The maximum absolute atomic E-state index is 12.4. The Morgan fingerprint density at radius 1 is 1.16 bits per heavy atom. The Labute approximate surface area is 114 Å². The average molecular weight is 334 g/mol. The van der Waals surface area contributed by atoms with Crippen LogP contribution in [-0.4, -0.2) is 5.91 Å². The van der Waals surface area contributed by atoms with Crippen LogP contribution in [0, 0.1) is 0 Å². The largest absolute Gasteiger partial charge is 0.457 e. The average Bonchev–Trinajstić information content (AvgIpc) is 2.75. The van der Waals surface area contributed by atoms with Crippen molar-refractivity contribution >= 4 is 27.5 Å². The minimum atomic E-state index is -4.39. The van der Waals surface area contributed by atoms with Gasteiger partial charge in [0, 0.05) is 5.69 Å². The molecule has 7 heteroatoms. The highest BCUT2D eigenvalue weighted by Crippen LogP contribution is 2.30. The summed E-state index contributed by atoms with van der Waals surface area (Å²) in [7, 11) is 0. The molecule has 0 fully saturated rings. The summed E-state index contributed by atoms with van der Waals surface area (Å²) in [6, 6.07) is 5.63. The normalized spacial score (nSPS) is 11.4. The molecule has 1 N–H and O–H groups in total. The molecule has 1 heterocycles. The van der Waals surface area contributed by atoms with E-state index in [1.807, 2.05) is 0 Å². The Morgan fingerprint density at radius 3 is 2.26 bits per heavy atom. The van der Waals surface area contributed by atoms with E-state index in [0.717, 1.165) is 12.1 Å². The van der Waals surface area contributed by atoms with Crippen molar-refractivity contribution in [3.8, 4) is 0 Å². The quantitative estimate of drug-likeness (QED) is 0.889. The van der Waals surface area contributed by atoms with E-state index >= 15 is 0 Å². The molecule has 1 amide bonds. The van der Waals surface area contributed by atoms with Crippen molar-refractivity contribution in [2.45, 2.75) is 6.18 Å². The van der Waals surface area contributed by atoms with Crippen LogP contribution in [-0.2, 0) is 6.18 Å². The number of alkyl halides is 3. The van der Waals surface area contributed by atoms with Crippen LogP contribution in [0.15, 0.2) is 45.7 Å². The van der Waals surface area contributed by atoms with Gasteiger partial charge in [-0.25, -0.2) is 0 Å². The molecular weight excluding hydrogens is 327 g/mol. The third-order valence-corrected chi connectivity index (χ3v) is 2.95. The maximum Gasteiger partial charge on any atom is 0.416 e. The van der Waals surface area contributed by atoms with E-state index in [9.17, 15) is 18.0 Å². The molecule has 0 unspecified atom stereocenters. The van der Waals surface area contributed by atoms with Crippen molar-refractivity contribution < 1.29 is 22.4 Å². The number of benzene rings is 1. The highest BCUT2D eigenvalue weighted by atomic mass is 79.9. The molecule has 0 atom stereocenters. The van der Waals surface area contributed by atoms with E-state index in [-0.39, 0.29) is 15.9 Å². The summed E-state index contributed by atoms with van der Waals surface area (Å²) in [4.78, 5) is 11.8. The summed E-state index contributed by atoms with van der Waals surface area (Å²) in [5, 5.41) is 2.47. The molecule has 0 aliphatic rings. The lowest BCUT2D eigenvalue weighted by molar-refractivity contribution is -0.137. The Bertz CT molecular complexity index is 590. The second-order valence-corrected chi connectivity index (χ2v) is 4.36. The number of nitrogens with one attached hydrogen (secondary N) is 1. The van der Waals surface area contributed by atoms with Crippen molar-refractivity contribution in [1.29, 1.82) is 0 Å². The summed E-state index contributed by atoms with van der Waals surface area (Å²) in [6.45, 7) is 0. The van der Waals surface area contributed by atoms with Crippen LogP contribution >= 0.6 is 15.9 Å². The standard InChI is InChI=1S/C12H7BrF3NO2/c13-10-9(5-6-19-10)11(18)17-8-3-1-7(2-4-8)12(14,15)16/h1-6H,(H,17,18). The SMILES string of the molecule is O=C(Nc1ccc(C(F)(F)F)cc1)c1ccoc1Br. The molecule has 3 nitrogen and oxygen atoms in total. The summed E-state index contributed by atoms with van der Waals surface area (Å²) < 4.78 is 42.2. The van der Waals surface area contributed by atoms with Crippen LogP contribution < -0.4 is 5.32 Å². The minimum Gasteiger partial charge on any atom is -0.457 e. The molecular formula is C12H7BrF3NO2. The number of carbonyl (C=O) groups excluding carboxylic acids is 1. The van der Waals surface area contributed by atoms with E-state index in [2.05, 4.69) is 21.2 Å². The molecule has 0 spiro atoms. The van der Waals surface area contributed by atoms with Gasteiger partial charge in [0.2, 0.25) is 0 Å². The number of hydrogen-bond donors (Lipinski definition) is 1. The molecule has 0 saturated heterocycles. The second-order valence-electron chi connectivity index (χ2n) is 3.64. The van der Waals surface area contributed by atoms with Gasteiger partial charge in [-0.05, 0) is 46.3 Å². The molecule has 19 heavy (non-hydrogen) atoms. The van der Waals surface area contributed by atoms with E-state index in [0.29, 0.717) is 0 Å². The first-order valence-corrected chi connectivity index (χ1v) is 5.89. The lowest BCUT2D eigenvalue weighted by atomic mass is 10.2.